The van der Waals surface area contributed by atoms with E-state index in [0.29, 0.717) is 0 Å². The number of alkyl halides is 3. The van der Waals surface area contributed by atoms with Gasteiger partial charge in [-0.05, 0) is 33.6 Å². The third-order valence-electron chi connectivity index (χ3n) is 3.10. The largest absolute Gasteiger partial charge is 0.419 e. The van der Waals surface area contributed by atoms with Crippen molar-refractivity contribution in [2.45, 2.75) is 12.3 Å². The van der Waals surface area contributed by atoms with E-state index in [9.17, 15) is 23.1 Å². The van der Waals surface area contributed by atoms with Crippen LogP contribution in [0.5, 0.6) is 0 Å². The first-order valence-corrected chi connectivity index (χ1v) is 6.95. The van der Waals surface area contributed by atoms with Crippen LogP contribution < -0.4 is 5.73 Å². The number of aliphatic hydroxyl groups excluding tert-OH is 1. The average molecular weight is 374 g/mol. The Labute approximate surface area is 132 Å². The van der Waals surface area contributed by atoms with Crippen LogP contribution in [-0.2, 0) is 6.18 Å². The van der Waals surface area contributed by atoms with Crippen molar-refractivity contribution in [2.24, 2.45) is 0 Å². The second-order valence-electron chi connectivity index (χ2n) is 4.56. The predicted octanol–water partition coefficient (Wildman–Crippen LogP) is 3.97. The maximum atomic E-state index is 13.2. The van der Waals surface area contributed by atoms with Gasteiger partial charge in [-0.25, -0.2) is 0 Å². The van der Waals surface area contributed by atoms with Gasteiger partial charge in [0.1, 0.15) is 6.10 Å². The zero-order chi connectivity index (χ0) is 16.5. The lowest BCUT2D eigenvalue weighted by Crippen LogP contribution is -2.20. The van der Waals surface area contributed by atoms with E-state index >= 15 is 0 Å². The molecule has 2 rings (SSSR count). The van der Waals surface area contributed by atoms with Crippen molar-refractivity contribution in [3.8, 4) is 0 Å². The van der Waals surface area contributed by atoms with Gasteiger partial charge in [0.15, 0.2) is 5.78 Å². The molecule has 0 heterocycles. The van der Waals surface area contributed by atoms with E-state index in [1.165, 1.54) is 18.2 Å². The topological polar surface area (TPSA) is 63.3 Å². The van der Waals surface area contributed by atoms with E-state index in [0.717, 1.165) is 6.07 Å². The lowest BCUT2D eigenvalue weighted by Gasteiger charge is -2.18. The number of Topliss-reactive ketones (excluding diaryl/α,β-unsaturated/α-hetero) is 1. The van der Waals surface area contributed by atoms with Crippen LogP contribution in [0.25, 0.3) is 0 Å². The van der Waals surface area contributed by atoms with Gasteiger partial charge < -0.3 is 10.8 Å². The quantitative estimate of drug-likeness (QED) is 0.632. The molecular weight excluding hydrogens is 363 g/mol. The molecule has 2 aromatic carbocycles. The van der Waals surface area contributed by atoms with Gasteiger partial charge in [-0.2, -0.15) is 13.2 Å². The van der Waals surface area contributed by atoms with E-state index in [1.54, 1.807) is 18.2 Å². The first-order valence-electron chi connectivity index (χ1n) is 6.16. The summed E-state index contributed by atoms with van der Waals surface area (Å²) in [6.45, 7) is 0. The third-order valence-corrected chi connectivity index (χ3v) is 3.80. The Balaban J connectivity index is 2.53. The fourth-order valence-corrected chi connectivity index (χ4v) is 2.37. The van der Waals surface area contributed by atoms with Gasteiger partial charge in [-0.3, -0.25) is 4.79 Å². The molecule has 0 aliphatic carbocycles. The molecule has 0 aliphatic heterocycles. The standard InChI is InChI=1S/C15H11BrF3NO2/c16-10-7-6-9(11(12(10)20)15(17,18)19)14(22)13(21)8-4-2-1-3-5-8/h1-7,13,21H,20H2. The summed E-state index contributed by atoms with van der Waals surface area (Å²) >= 11 is 2.90. The van der Waals surface area contributed by atoms with Crippen molar-refractivity contribution in [1.82, 2.24) is 0 Å². The Bertz CT molecular complexity index is 702. The van der Waals surface area contributed by atoms with Gasteiger partial charge in [-0.15, -0.1) is 0 Å². The SMILES string of the molecule is Nc1c(Br)ccc(C(=O)C(O)c2ccccc2)c1C(F)(F)F. The van der Waals surface area contributed by atoms with Crippen LogP contribution in [0, 0.1) is 0 Å². The number of rotatable bonds is 3. The number of nitrogen functional groups attached to an aromatic ring is 1. The second kappa shape index (κ2) is 6.10. The molecular formula is C15H11BrF3NO2. The molecule has 1 unspecified atom stereocenters. The first-order chi connectivity index (χ1) is 10.2. The molecule has 0 fully saturated rings. The van der Waals surface area contributed by atoms with Gasteiger partial charge in [0.2, 0.25) is 0 Å². The second-order valence-corrected chi connectivity index (χ2v) is 5.41. The lowest BCUT2D eigenvalue weighted by molar-refractivity contribution is -0.137. The van der Waals surface area contributed by atoms with E-state index in [1.807, 2.05) is 0 Å². The predicted molar refractivity (Wildman–Crippen MR) is 79.3 cm³/mol. The smallest absolute Gasteiger partial charge is 0.397 e. The molecule has 2 aromatic rings. The summed E-state index contributed by atoms with van der Waals surface area (Å²) in [6, 6.07) is 9.97. The molecule has 0 spiro atoms. The lowest BCUT2D eigenvalue weighted by atomic mass is 9.95. The number of carbonyl (C=O) groups excluding carboxylic acids is 1. The van der Waals surface area contributed by atoms with E-state index in [-0.39, 0.29) is 10.0 Å². The first kappa shape index (κ1) is 16.5. The van der Waals surface area contributed by atoms with Gasteiger partial charge in [-0.1, -0.05) is 30.3 Å². The highest BCUT2D eigenvalue weighted by atomic mass is 79.9. The minimum absolute atomic E-state index is 0.0329. The molecule has 7 heteroatoms. The zero-order valence-corrected chi connectivity index (χ0v) is 12.6. The summed E-state index contributed by atoms with van der Waals surface area (Å²) in [7, 11) is 0. The number of halogens is 4. The Morgan fingerprint density at radius 3 is 2.27 bits per heavy atom. The van der Waals surface area contributed by atoms with Crippen LogP contribution >= 0.6 is 15.9 Å². The van der Waals surface area contributed by atoms with Crippen molar-refractivity contribution < 1.29 is 23.1 Å². The molecule has 0 aromatic heterocycles. The van der Waals surface area contributed by atoms with Gasteiger partial charge in [0.25, 0.3) is 0 Å². The van der Waals surface area contributed by atoms with Gasteiger partial charge in [0, 0.05) is 10.0 Å². The minimum Gasteiger partial charge on any atom is -0.397 e. The van der Waals surface area contributed by atoms with E-state index < -0.39 is 34.9 Å². The van der Waals surface area contributed by atoms with Crippen LogP contribution in [0.1, 0.15) is 27.6 Å². The highest BCUT2D eigenvalue weighted by Crippen LogP contribution is 2.40. The van der Waals surface area contributed by atoms with Crippen LogP contribution in [-0.4, -0.2) is 10.9 Å². The highest BCUT2D eigenvalue weighted by molar-refractivity contribution is 9.10. The number of ketones is 1. The number of carbonyl (C=O) groups is 1. The molecule has 3 nitrogen and oxygen atoms in total. The summed E-state index contributed by atoms with van der Waals surface area (Å²) in [5.41, 5.74) is 3.16. The van der Waals surface area contributed by atoms with Crippen molar-refractivity contribution in [3.63, 3.8) is 0 Å². The molecule has 22 heavy (non-hydrogen) atoms. The monoisotopic (exact) mass is 373 g/mol. The highest BCUT2D eigenvalue weighted by Gasteiger charge is 2.39. The number of hydrogen-bond acceptors (Lipinski definition) is 3. The van der Waals surface area contributed by atoms with Crippen LogP contribution in [0.3, 0.4) is 0 Å². The molecule has 0 bridgehead atoms. The number of benzene rings is 2. The summed E-state index contributed by atoms with van der Waals surface area (Å²) in [5.74, 6) is -1.06. The van der Waals surface area contributed by atoms with Crippen molar-refractivity contribution in [2.75, 3.05) is 5.73 Å². The fraction of sp³-hybridized carbons (Fsp3) is 0.133. The van der Waals surface area contributed by atoms with Gasteiger partial charge in [0.05, 0.1) is 11.3 Å². The Kier molecular flexibility index (Phi) is 4.58. The number of anilines is 1. The molecule has 116 valence electrons. The molecule has 0 aliphatic rings. The summed E-state index contributed by atoms with van der Waals surface area (Å²) in [6.07, 6.45) is -6.50. The molecule has 1 atom stereocenters. The number of nitrogens with two attached hydrogens (primary N) is 1. The summed E-state index contributed by atoms with van der Waals surface area (Å²) < 4.78 is 39.6. The summed E-state index contributed by atoms with van der Waals surface area (Å²) in [4.78, 5) is 12.3. The maximum absolute atomic E-state index is 13.2. The number of hydrogen-bond donors (Lipinski definition) is 2. The van der Waals surface area contributed by atoms with Crippen LogP contribution in [0.4, 0.5) is 18.9 Å². The van der Waals surface area contributed by atoms with E-state index in [4.69, 9.17) is 5.73 Å². The number of aliphatic hydroxyl groups is 1. The molecule has 0 saturated carbocycles. The maximum Gasteiger partial charge on any atom is 0.419 e. The Morgan fingerprint density at radius 2 is 1.73 bits per heavy atom. The molecule has 0 saturated heterocycles. The normalized spacial score (nSPS) is 13.0. The van der Waals surface area contributed by atoms with Crippen LogP contribution in [0.15, 0.2) is 46.9 Å². The van der Waals surface area contributed by atoms with Crippen molar-refractivity contribution >= 4 is 27.4 Å². The van der Waals surface area contributed by atoms with Crippen LogP contribution in [0.2, 0.25) is 0 Å². The third kappa shape index (κ3) is 3.15. The minimum atomic E-state index is -4.81. The molecule has 0 radical (unpaired) electrons. The fourth-order valence-electron chi connectivity index (χ4n) is 2.04. The molecule has 3 N–H and O–H groups in total. The molecule has 0 amide bonds. The van der Waals surface area contributed by atoms with E-state index in [2.05, 4.69) is 15.9 Å². The Hall–Kier alpha value is -1.86. The van der Waals surface area contributed by atoms with Crippen molar-refractivity contribution in [3.05, 3.63) is 63.6 Å². The average Bonchev–Trinajstić information content (AvgIpc) is 2.48. The van der Waals surface area contributed by atoms with Gasteiger partial charge >= 0.3 is 6.18 Å². The summed E-state index contributed by atoms with van der Waals surface area (Å²) in [5, 5.41) is 10.0. The Morgan fingerprint density at radius 1 is 1.14 bits per heavy atom. The van der Waals surface area contributed by atoms with Crippen molar-refractivity contribution in [1.29, 1.82) is 0 Å². The zero-order valence-electron chi connectivity index (χ0n) is 11.1.